The second-order valence-corrected chi connectivity index (χ2v) is 3.91. The summed E-state index contributed by atoms with van der Waals surface area (Å²) in [6.45, 7) is 2.10. The third-order valence-electron chi connectivity index (χ3n) is 2.82. The van der Waals surface area contributed by atoms with E-state index in [0.717, 1.165) is 19.5 Å². The van der Waals surface area contributed by atoms with Crippen LogP contribution in [0.15, 0.2) is 30.3 Å². The first-order valence-corrected chi connectivity index (χ1v) is 5.32. The first-order valence-electron chi connectivity index (χ1n) is 5.32. The van der Waals surface area contributed by atoms with E-state index in [2.05, 4.69) is 17.0 Å². The Morgan fingerprint density at radius 1 is 1.13 bits per heavy atom. The van der Waals surface area contributed by atoms with Gasteiger partial charge in [-0.1, -0.05) is 30.3 Å². The van der Waals surface area contributed by atoms with Gasteiger partial charge in [-0.2, -0.15) is 0 Å². The van der Waals surface area contributed by atoms with E-state index in [1.54, 1.807) is 0 Å². The molecule has 3 heteroatoms. The van der Waals surface area contributed by atoms with Crippen molar-refractivity contribution in [3.05, 3.63) is 35.9 Å². The van der Waals surface area contributed by atoms with E-state index in [-0.39, 0.29) is 18.6 Å². The maximum Gasteiger partial charge on any atom is 0.111 e. The summed E-state index contributed by atoms with van der Waals surface area (Å²) in [5.74, 6) is 0. The highest BCUT2D eigenvalue weighted by molar-refractivity contribution is 5.85. The van der Waals surface area contributed by atoms with Crippen molar-refractivity contribution < 1.29 is 5.11 Å². The van der Waals surface area contributed by atoms with Crippen molar-refractivity contribution in [3.8, 4) is 0 Å². The molecule has 1 N–H and O–H groups in total. The predicted octanol–water partition coefficient (Wildman–Crippen LogP) is 2.07. The second kappa shape index (κ2) is 6.11. The summed E-state index contributed by atoms with van der Waals surface area (Å²) in [6.07, 6.45) is 2.92. The Morgan fingerprint density at radius 2 is 1.73 bits per heavy atom. The zero-order chi connectivity index (χ0) is 9.80. The molecule has 1 atom stereocenters. The van der Waals surface area contributed by atoms with Gasteiger partial charge in [0.2, 0.25) is 0 Å². The molecule has 84 valence electrons. The van der Waals surface area contributed by atoms with Crippen LogP contribution >= 0.6 is 12.4 Å². The third kappa shape index (κ3) is 3.49. The van der Waals surface area contributed by atoms with E-state index in [1.807, 2.05) is 18.2 Å². The number of hydrogen-bond donors (Lipinski definition) is 1. The molecular formula is C12H18ClNO. The van der Waals surface area contributed by atoms with Crippen molar-refractivity contribution in [2.75, 3.05) is 13.1 Å². The summed E-state index contributed by atoms with van der Waals surface area (Å²) in [5, 5.41) is 9.93. The quantitative estimate of drug-likeness (QED) is 0.855. The molecule has 1 fully saturated rings. The van der Waals surface area contributed by atoms with Gasteiger partial charge in [0.25, 0.3) is 0 Å². The van der Waals surface area contributed by atoms with Crippen LogP contribution in [0.3, 0.4) is 0 Å². The summed E-state index contributed by atoms with van der Waals surface area (Å²) in [7, 11) is 0. The van der Waals surface area contributed by atoms with Crippen molar-refractivity contribution in [1.29, 1.82) is 0 Å². The average molecular weight is 228 g/mol. The molecule has 2 nitrogen and oxygen atoms in total. The van der Waals surface area contributed by atoms with E-state index >= 15 is 0 Å². The first-order chi connectivity index (χ1) is 6.86. The van der Waals surface area contributed by atoms with Crippen LogP contribution in [0, 0.1) is 0 Å². The second-order valence-electron chi connectivity index (χ2n) is 3.91. The lowest BCUT2D eigenvalue weighted by molar-refractivity contribution is 0.0213. The molecule has 1 heterocycles. The minimum Gasteiger partial charge on any atom is -0.378 e. The fourth-order valence-corrected chi connectivity index (χ4v) is 1.99. The predicted molar refractivity (Wildman–Crippen MR) is 64.2 cm³/mol. The molecule has 0 amide bonds. The summed E-state index contributed by atoms with van der Waals surface area (Å²) in [6, 6.07) is 10.2. The van der Waals surface area contributed by atoms with Crippen LogP contribution in [-0.2, 0) is 6.42 Å². The Balaban J connectivity index is 0.00000112. The molecule has 0 aromatic heterocycles. The molecule has 1 unspecified atom stereocenters. The van der Waals surface area contributed by atoms with Crippen LogP contribution in [0.2, 0.25) is 0 Å². The van der Waals surface area contributed by atoms with Gasteiger partial charge >= 0.3 is 0 Å². The summed E-state index contributed by atoms with van der Waals surface area (Å²) in [5.41, 5.74) is 1.21. The van der Waals surface area contributed by atoms with E-state index in [4.69, 9.17) is 0 Å². The smallest absolute Gasteiger partial charge is 0.111 e. The average Bonchev–Trinajstić information content (AvgIpc) is 2.72. The topological polar surface area (TPSA) is 23.5 Å². The Kier molecular flexibility index (Phi) is 5.09. The van der Waals surface area contributed by atoms with Gasteiger partial charge in [-0.25, -0.2) is 0 Å². The molecule has 0 saturated carbocycles. The Morgan fingerprint density at radius 3 is 2.33 bits per heavy atom. The van der Waals surface area contributed by atoms with Crippen LogP contribution in [0.1, 0.15) is 18.4 Å². The van der Waals surface area contributed by atoms with Gasteiger partial charge in [-0.05, 0) is 18.4 Å². The minimum absolute atomic E-state index is 0. The summed E-state index contributed by atoms with van der Waals surface area (Å²) in [4.78, 5) is 2.16. The lowest BCUT2D eigenvalue weighted by atomic mass is 10.1. The molecule has 1 aliphatic rings. The largest absolute Gasteiger partial charge is 0.378 e. The standard InChI is InChI=1S/C12H17NO.ClH/c14-12(13-8-4-5-9-13)10-11-6-2-1-3-7-11;/h1-3,6-7,12,14H,4-5,8-10H2;1H. The SMILES string of the molecule is Cl.OC(Cc1ccccc1)N1CCCC1. The van der Waals surface area contributed by atoms with E-state index in [1.165, 1.54) is 18.4 Å². The van der Waals surface area contributed by atoms with Gasteiger partial charge in [-0.15, -0.1) is 12.4 Å². The zero-order valence-electron chi connectivity index (χ0n) is 8.80. The Labute approximate surface area is 97.3 Å². The van der Waals surface area contributed by atoms with Crippen LogP contribution in [0.5, 0.6) is 0 Å². The highest BCUT2D eigenvalue weighted by atomic mass is 35.5. The number of aliphatic hydroxyl groups is 1. The van der Waals surface area contributed by atoms with E-state index < -0.39 is 0 Å². The lowest BCUT2D eigenvalue weighted by Gasteiger charge is -2.22. The fraction of sp³-hybridized carbons (Fsp3) is 0.500. The minimum atomic E-state index is -0.292. The number of hydrogen-bond acceptors (Lipinski definition) is 2. The number of nitrogens with zero attached hydrogens (tertiary/aromatic N) is 1. The lowest BCUT2D eigenvalue weighted by Crippen LogP contribution is -2.34. The maximum absolute atomic E-state index is 9.93. The molecule has 1 saturated heterocycles. The number of benzene rings is 1. The normalized spacial score (nSPS) is 18.5. The van der Waals surface area contributed by atoms with Crippen LogP contribution < -0.4 is 0 Å². The molecule has 1 aliphatic heterocycles. The highest BCUT2D eigenvalue weighted by Gasteiger charge is 2.19. The van der Waals surface area contributed by atoms with Gasteiger partial charge in [0, 0.05) is 19.5 Å². The van der Waals surface area contributed by atoms with E-state index in [0.29, 0.717) is 0 Å². The Hall–Kier alpha value is -0.570. The van der Waals surface area contributed by atoms with E-state index in [9.17, 15) is 5.11 Å². The Bertz CT molecular complexity index is 272. The van der Waals surface area contributed by atoms with Gasteiger partial charge in [0.1, 0.15) is 6.23 Å². The molecule has 1 aromatic carbocycles. The fourth-order valence-electron chi connectivity index (χ4n) is 1.99. The number of aliphatic hydroxyl groups excluding tert-OH is 1. The number of likely N-dealkylation sites (tertiary alicyclic amines) is 1. The van der Waals surface area contributed by atoms with Crippen LogP contribution in [0.4, 0.5) is 0 Å². The molecule has 15 heavy (non-hydrogen) atoms. The van der Waals surface area contributed by atoms with Crippen LogP contribution in [0.25, 0.3) is 0 Å². The van der Waals surface area contributed by atoms with Gasteiger partial charge in [0.05, 0.1) is 0 Å². The van der Waals surface area contributed by atoms with Crippen molar-refractivity contribution in [2.24, 2.45) is 0 Å². The molecule has 0 bridgehead atoms. The zero-order valence-corrected chi connectivity index (χ0v) is 9.62. The molecule has 0 spiro atoms. The molecule has 2 rings (SSSR count). The number of halogens is 1. The third-order valence-corrected chi connectivity index (χ3v) is 2.82. The molecular weight excluding hydrogens is 210 g/mol. The number of rotatable bonds is 3. The van der Waals surface area contributed by atoms with Crippen molar-refractivity contribution in [1.82, 2.24) is 4.90 Å². The summed E-state index contributed by atoms with van der Waals surface area (Å²) < 4.78 is 0. The van der Waals surface area contributed by atoms with Crippen molar-refractivity contribution in [3.63, 3.8) is 0 Å². The molecule has 0 radical (unpaired) electrons. The first kappa shape index (κ1) is 12.5. The van der Waals surface area contributed by atoms with Gasteiger partial charge in [-0.3, -0.25) is 4.90 Å². The molecule has 1 aromatic rings. The monoisotopic (exact) mass is 227 g/mol. The van der Waals surface area contributed by atoms with Crippen molar-refractivity contribution in [2.45, 2.75) is 25.5 Å². The van der Waals surface area contributed by atoms with Crippen molar-refractivity contribution >= 4 is 12.4 Å². The summed E-state index contributed by atoms with van der Waals surface area (Å²) >= 11 is 0. The van der Waals surface area contributed by atoms with Crippen LogP contribution in [-0.4, -0.2) is 29.3 Å². The highest BCUT2D eigenvalue weighted by Crippen LogP contribution is 2.13. The maximum atomic E-state index is 9.93. The molecule has 0 aliphatic carbocycles. The van der Waals surface area contributed by atoms with Gasteiger partial charge in [0.15, 0.2) is 0 Å². The van der Waals surface area contributed by atoms with Gasteiger partial charge < -0.3 is 5.11 Å².